The lowest BCUT2D eigenvalue weighted by molar-refractivity contribution is 0.151. The third kappa shape index (κ3) is 3.11. The number of hydrogen-bond donors (Lipinski definition) is 1. The van der Waals surface area contributed by atoms with Crippen LogP contribution >= 0.6 is 0 Å². The van der Waals surface area contributed by atoms with Gasteiger partial charge in [-0.05, 0) is 37.6 Å². The molecule has 2 aromatic rings. The fraction of sp³-hybridized carbons (Fsp3) is 0.357. The average molecular weight is 246 g/mol. The Morgan fingerprint density at radius 3 is 2.56 bits per heavy atom. The summed E-state index contributed by atoms with van der Waals surface area (Å²) in [5.41, 5.74) is 1.82. The van der Waals surface area contributed by atoms with Crippen LogP contribution in [0.25, 0.3) is 0 Å². The van der Waals surface area contributed by atoms with Gasteiger partial charge in [0, 0.05) is 6.20 Å². The van der Waals surface area contributed by atoms with E-state index >= 15 is 0 Å². The smallest absolute Gasteiger partial charge is 0.119 e. The molecule has 0 fully saturated rings. The molecule has 2 rings (SSSR count). The molecule has 0 radical (unpaired) electrons. The highest BCUT2D eigenvalue weighted by molar-refractivity contribution is 5.28. The standard InChI is InChI=1S/C14H18N2O2/c1-3-18-13-6-4-12(5-7-13)14(17)10-16-9-8-11(2)15-16/h4-9,14,17H,3,10H2,1-2H3. The number of aliphatic hydroxyl groups excluding tert-OH is 1. The summed E-state index contributed by atoms with van der Waals surface area (Å²) >= 11 is 0. The lowest BCUT2D eigenvalue weighted by Crippen LogP contribution is -2.09. The Hall–Kier alpha value is -1.81. The normalized spacial score (nSPS) is 12.4. The van der Waals surface area contributed by atoms with Crippen molar-refractivity contribution in [2.24, 2.45) is 0 Å². The van der Waals surface area contributed by atoms with Crippen LogP contribution in [-0.4, -0.2) is 21.5 Å². The van der Waals surface area contributed by atoms with Crippen LogP contribution in [0, 0.1) is 6.92 Å². The molecule has 4 nitrogen and oxygen atoms in total. The minimum Gasteiger partial charge on any atom is -0.494 e. The Morgan fingerprint density at radius 1 is 1.28 bits per heavy atom. The highest BCUT2D eigenvalue weighted by atomic mass is 16.5. The van der Waals surface area contributed by atoms with Crippen molar-refractivity contribution in [1.29, 1.82) is 0 Å². The second-order valence-electron chi connectivity index (χ2n) is 4.20. The predicted octanol–water partition coefficient (Wildman–Crippen LogP) is 2.32. The number of hydrogen-bond acceptors (Lipinski definition) is 3. The summed E-state index contributed by atoms with van der Waals surface area (Å²) < 4.78 is 7.11. The number of aromatic nitrogens is 2. The topological polar surface area (TPSA) is 47.3 Å². The first-order valence-corrected chi connectivity index (χ1v) is 6.10. The zero-order valence-electron chi connectivity index (χ0n) is 10.7. The summed E-state index contributed by atoms with van der Waals surface area (Å²) in [5, 5.41) is 14.4. The molecule has 0 amide bonds. The number of aliphatic hydroxyl groups is 1. The van der Waals surface area contributed by atoms with Gasteiger partial charge in [-0.1, -0.05) is 12.1 Å². The van der Waals surface area contributed by atoms with E-state index in [9.17, 15) is 5.11 Å². The Bertz CT molecular complexity index is 491. The molecule has 0 spiro atoms. The van der Waals surface area contributed by atoms with Crippen molar-refractivity contribution in [3.8, 4) is 5.75 Å². The van der Waals surface area contributed by atoms with E-state index in [1.54, 1.807) is 4.68 Å². The van der Waals surface area contributed by atoms with Crippen molar-refractivity contribution < 1.29 is 9.84 Å². The van der Waals surface area contributed by atoms with Crippen LogP contribution in [0.15, 0.2) is 36.5 Å². The maximum Gasteiger partial charge on any atom is 0.119 e. The Labute approximate surface area is 107 Å². The van der Waals surface area contributed by atoms with Crippen LogP contribution in [0.4, 0.5) is 0 Å². The van der Waals surface area contributed by atoms with E-state index < -0.39 is 6.10 Å². The average Bonchev–Trinajstić information content (AvgIpc) is 2.76. The SMILES string of the molecule is CCOc1ccc(C(O)Cn2ccc(C)n2)cc1. The second-order valence-corrected chi connectivity index (χ2v) is 4.20. The zero-order valence-corrected chi connectivity index (χ0v) is 10.7. The number of ether oxygens (including phenoxy) is 1. The molecule has 4 heteroatoms. The summed E-state index contributed by atoms with van der Waals surface area (Å²) in [5.74, 6) is 0.823. The Kier molecular flexibility index (Phi) is 3.99. The minimum absolute atomic E-state index is 0.460. The molecule has 1 N–H and O–H groups in total. The number of aryl methyl sites for hydroxylation is 1. The first kappa shape index (κ1) is 12.6. The summed E-state index contributed by atoms with van der Waals surface area (Å²) in [7, 11) is 0. The largest absolute Gasteiger partial charge is 0.494 e. The molecule has 0 saturated heterocycles. The quantitative estimate of drug-likeness (QED) is 0.880. The van der Waals surface area contributed by atoms with Crippen LogP contribution in [-0.2, 0) is 6.54 Å². The van der Waals surface area contributed by atoms with Gasteiger partial charge in [0.15, 0.2) is 0 Å². The first-order chi connectivity index (χ1) is 8.69. The summed E-state index contributed by atoms with van der Waals surface area (Å²) in [6.45, 7) is 4.98. The zero-order chi connectivity index (χ0) is 13.0. The van der Waals surface area contributed by atoms with Gasteiger partial charge in [-0.25, -0.2) is 0 Å². The maximum atomic E-state index is 10.1. The van der Waals surface area contributed by atoms with Crippen molar-refractivity contribution in [2.45, 2.75) is 26.5 Å². The van der Waals surface area contributed by atoms with E-state index in [-0.39, 0.29) is 0 Å². The van der Waals surface area contributed by atoms with Gasteiger partial charge in [-0.15, -0.1) is 0 Å². The fourth-order valence-electron chi connectivity index (χ4n) is 1.80. The van der Waals surface area contributed by atoms with Crippen LogP contribution < -0.4 is 4.74 Å². The summed E-state index contributed by atoms with van der Waals surface area (Å²) in [6, 6.07) is 9.43. The lowest BCUT2D eigenvalue weighted by Gasteiger charge is -2.12. The van der Waals surface area contributed by atoms with Crippen molar-refractivity contribution in [2.75, 3.05) is 6.61 Å². The Morgan fingerprint density at radius 2 is 2.00 bits per heavy atom. The van der Waals surface area contributed by atoms with Gasteiger partial charge in [-0.3, -0.25) is 4.68 Å². The molecule has 0 aliphatic heterocycles. The van der Waals surface area contributed by atoms with Crippen molar-refractivity contribution >= 4 is 0 Å². The van der Waals surface area contributed by atoms with Gasteiger partial charge in [0.25, 0.3) is 0 Å². The highest BCUT2D eigenvalue weighted by Gasteiger charge is 2.09. The Balaban J connectivity index is 2.02. The molecule has 1 unspecified atom stereocenters. The van der Waals surface area contributed by atoms with Crippen LogP contribution in [0.1, 0.15) is 24.3 Å². The van der Waals surface area contributed by atoms with Gasteiger partial charge < -0.3 is 9.84 Å². The van der Waals surface area contributed by atoms with E-state index in [0.29, 0.717) is 13.2 Å². The van der Waals surface area contributed by atoms with Gasteiger partial charge >= 0.3 is 0 Å². The van der Waals surface area contributed by atoms with E-state index in [4.69, 9.17) is 4.74 Å². The van der Waals surface area contributed by atoms with Crippen LogP contribution in [0.2, 0.25) is 0 Å². The monoisotopic (exact) mass is 246 g/mol. The third-order valence-corrected chi connectivity index (χ3v) is 2.71. The van der Waals surface area contributed by atoms with E-state index in [1.807, 2.05) is 50.4 Å². The molecule has 0 aliphatic carbocycles. The van der Waals surface area contributed by atoms with Crippen molar-refractivity contribution in [3.63, 3.8) is 0 Å². The first-order valence-electron chi connectivity index (χ1n) is 6.10. The maximum absolute atomic E-state index is 10.1. The molecule has 1 atom stereocenters. The van der Waals surface area contributed by atoms with E-state index in [1.165, 1.54) is 0 Å². The molecule has 0 bridgehead atoms. The number of rotatable bonds is 5. The van der Waals surface area contributed by atoms with E-state index in [0.717, 1.165) is 17.0 Å². The minimum atomic E-state index is -0.556. The molecular formula is C14H18N2O2. The second kappa shape index (κ2) is 5.69. The van der Waals surface area contributed by atoms with E-state index in [2.05, 4.69) is 5.10 Å². The highest BCUT2D eigenvalue weighted by Crippen LogP contribution is 2.19. The van der Waals surface area contributed by atoms with Gasteiger partial charge in [0.05, 0.1) is 24.9 Å². The molecule has 18 heavy (non-hydrogen) atoms. The fourth-order valence-corrected chi connectivity index (χ4v) is 1.80. The van der Waals surface area contributed by atoms with Crippen LogP contribution in [0.3, 0.4) is 0 Å². The third-order valence-electron chi connectivity index (χ3n) is 2.71. The molecule has 96 valence electrons. The van der Waals surface area contributed by atoms with Crippen molar-refractivity contribution in [3.05, 3.63) is 47.8 Å². The van der Waals surface area contributed by atoms with Gasteiger partial charge in [0.1, 0.15) is 5.75 Å². The number of nitrogens with zero attached hydrogens (tertiary/aromatic N) is 2. The summed E-state index contributed by atoms with van der Waals surface area (Å²) in [6.07, 6.45) is 1.31. The summed E-state index contributed by atoms with van der Waals surface area (Å²) in [4.78, 5) is 0. The molecule has 0 saturated carbocycles. The van der Waals surface area contributed by atoms with Crippen LogP contribution in [0.5, 0.6) is 5.75 Å². The van der Waals surface area contributed by atoms with Gasteiger partial charge in [-0.2, -0.15) is 5.10 Å². The molecule has 1 aromatic heterocycles. The molecule has 1 aromatic carbocycles. The predicted molar refractivity (Wildman–Crippen MR) is 69.5 cm³/mol. The lowest BCUT2D eigenvalue weighted by atomic mass is 10.1. The van der Waals surface area contributed by atoms with Gasteiger partial charge in [0.2, 0.25) is 0 Å². The molecule has 1 heterocycles. The number of benzene rings is 1. The molecular weight excluding hydrogens is 228 g/mol. The molecule has 0 aliphatic rings. The van der Waals surface area contributed by atoms with Crippen molar-refractivity contribution in [1.82, 2.24) is 9.78 Å².